The summed E-state index contributed by atoms with van der Waals surface area (Å²) in [5, 5.41) is 18.5. The van der Waals surface area contributed by atoms with E-state index in [1.54, 1.807) is 0 Å². The molecule has 1 aromatic rings. The molecule has 26 heavy (non-hydrogen) atoms. The van der Waals surface area contributed by atoms with E-state index in [1.165, 1.54) is 0 Å². The minimum absolute atomic E-state index is 0.0477. The lowest BCUT2D eigenvalue weighted by atomic mass is 9.70. The number of hydrogen-bond acceptors (Lipinski definition) is 4. The van der Waals surface area contributed by atoms with E-state index in [0.29, 0.717) is 24.8 Å². The van der Waals surface area contributed by atoms with Crippen LogP contribution in [0, 0.1) is 16.7 Å². The smallest absolute Gasteiger partial charge is 0.165 e. The number of aliphatic hydroxyl groups excluding tert-OH is 2. The molecule has 2 aliphatic rings. The number of nitrogens with zero attached hydrogens (tertiary/aromatic N) is 1. The molecule has 2 bridgehead atoms. The molecule has 0 spiro atoms. The fraction of sp³-hybridized carbons (Fsp3) is 0.591. The molecule has 0 saturated heterocycles. The van der Waals surface area contributed by atoms with Crippen molar-refractivity contribution in [3.05, 3.63) is 41.0 Å². The van der Waals surface area contributed by atoms with E-state index >= 15 is 0 Å². The van der Waals surface area contributed by atoms with Crippen molar-refractivity contribution in [1.29, 1.82) is 0 Å². The monoisotopic (exact) mass is 357 g/mol. The van der Waals surface area contributed by atoms with E-state index in [0.717, 1.165) is 29.5 Å². The van der Waals surface area contributed by atoms with Crippen molar-refractivity contribution in [2.75, 3.05) is 20.2 Å². The average Bonchev–Trinajstić information content (AvgIpc) is 2.90. The number of carbonyl (C=O) groups is 1. The normalized spacial score (nSPS) is 29.7. The van der Waals surface area contributed by atoms with Gasteiger partial charge >= 0.3 is 0 Å². The molecule has 0 aromatic heterocycles. The van der Waals surface area contributed by atoms with Crippen LogP contribution in [0.3, 0.4) is 0 Å². The first-order valence-corrected chi connectivity index (χ1v) is 9.52. The predicted molar refractivity (Wildman–Crippen MR) is 103 cm³/mol. The van der Waals surface area contributed by atoms with Crippen LogP contribution in [0.4, 0.5) is 0 Å². The van der Waals surface area contributed by atoms with Crippen molar-refractivity contribution < 1.29 is 15.0 Å². The Kier molecular flexibility index (Phi) is 5.13. The number of allylic oxidation sites excluding steroid dienone is 1. The molecule has 3 rings (SSSR count). The Bertz CT molecular complexity index is 707. The van der Waals surface area contributed by atoms with Crippen molar-refractivity contribution in [2.45, 2.75) is 46.3 Å². The average molecular weight is 357 g/mol. The summed E-state index contributed by atoms with van der Waals surface area (Å²) in [5.41, 5.74) is 3.05. The van der Waals surface area contributed by atoms with Gasteiger partial charge in [-0.1, -0.05) is 45.0 Å². The van der Waals surface area contributed by atoms with Gasteiger partial charge in [-0.2, -0.15) is 0 Å². The highest BCUT2D eigenvalue weighted by molar-refractivity contribution is 6.07. The van der Waals surface area contributed by atoms with E-state index in [-0.39, 0.29) is 17.4 Å². The fourth-order valence-electron chi connectivity index (χ4n) is 4.79. The van der Waals surface area contributed by atoms with Gasteiger partial charge in [0.15, 0.2) is 5.78 Å². The van der Waals surface area contributed by atoms with Crippen LogP contribution in [-0.4, -0.2) is 47.2 Å². The Morgan fingerprint density at radius 1 is 1.27 bits per heavy atom. The number of likely N-dealkylation sites (N-methyl/N-ethyl adjacent to an activating group) is 1. The van der Waals surface area contributed by atoms with Crippen LogP contribution in [0.5, 0.6) is 0 Å². The maximum absolute atomic E-state index is 12.9. The molecule has 2 aliphatic carbocycles. The van der Waals surface area contributed by atoms with E-state index in [1.807, 2.05) is 11.9 Å². The maximum atomic E-state index is 12.9. The second-order valence-corrected chi connectivity index (χ2v) is 8.85. The Labute approximate surface area is 156 Å². The standard InChI is InChI=1S/C22H31NO3/c1-21(2)19-9-10-22(21,3)20(26)18(19)11-15-5-7-16(8-6-15)12-23(4)13-17(25)14-24/h5-8,11,17,19,24-25H,9-10,12-14H2,1-4H3/b18-11-. The Morgan fingerprint density at radius 2 is 1.92 bits per heavy atom. The molecule has 0 amide bonds. The number of aliphatic hydroxyl groups is 2. The molecule has 0 aliphatic heterocycles. The first kappa shape index (κ1) is 19.3. The second kappa shape index (κ2) is 6.91. The molecule has 2 fully saturated rings. The largest absolute Gasteiger partial charge is 0.394 e. The summed E-state index contributed by atoms with van der Waals surface area (Å²) in [5.74, 6) is 0.700. The zero-order chi connectivity index (χ0) is 19.1. The van der Waals surface area contributed by atoms with Gasteiger partial charge in [0.1, 0.15) is 0 Å². The third-order valence-electron chi connectivity index (χ3n) is 6.85. The molecule has 0 radical (unpaired) electrons. The lowest BCUT2D eigenvalue weighted by Gasteiger charge is -2.31. The molecular weight excluding hydrogens is 326 g/mol. The zero-order valence-corrected chi connectivity index (χ0v) is 16.3. The van der Waals surface area contributed by atoms with Gasteiger partial charge in [0.2, 0.25) is 0 Å². The van der Waals surface area contributed by atoms with E-state index in [2.05, 4.69) is 51.1 Å². The number of benzene rings is 1. The van der Waals surface area contributed by atoms with E-state index in [9.17, 15) is 9.90 Å². The molecule has 3 atom stereocenters. The number of Topliss-reactive ketones (excluding diaryl/α,β-unsaturated/α-hetero) is 1. The zero-order valence-electron chi connectivity index (χ0n) is 16.3. The van der Waals surface area contributed by atoms with Crippen LogP contribution in [0.25, 0.3) is 6.08 Å². The summed E-state index contributed by atoms with van der Waals surface area (Å²) in [6.07, 6.45) is 3.49. The maximum Gasteiger partial charge on any atom is 0.165 e. The third kappa shape index (κ3) is 3.15. The third-order valence-corrected chi connectivity index (χ3v) is 6.85. The van der Waals surface area contributed by atoms with Crippen LogP contribution in [0.1, 0.15) is 44.7 Å². The lowest BCUT2D eigenvalue weighted by Crippen LogP contribution is -2.32. The minimum Gasteiger partial charge on any atom is -0.394 e. The minimum atomic E-state index is -0.711. The second-order valence-electron chi connectivity index (χ2n) is 8.85. The van der Waals surface area contributed by atoms with Crippen LogP contribution >= 0.6 is 0 Å². The van der Waals surface area contributed by atoms with Crippen LogP contribution in [0.15, 0.2) is 29.8 Å². The Balaban J connectivity index is 1.72. The van der Waals surface area contributed by atoms with Gasteiger partial charge in [0, 0.05) is 18.5 Å². The van der Waals surface area contributed by atoms with Gasteiger partial charge < -0.3 is 10.2 Å². The quantitative estimate of drug-likeness (QED) is 0.769. The molecule has 2 N–H and O–H groups in total. The van der Waals surface area contributed by atoms with Crippen molar-refractivity contribution >= 4 is 11.9 Å². The summed E-state index contributed by atoms with van der Waals surface area (Å²) in [6.45, 7) is 7.54. The van der Waals surface area contributed by atoms with Crippen LogP contribution < -0.4 is 0 Å². The molecule has 4 heteroatoms. The van der Waals surface area contributed by atoms with Crippen molar-refractivity contribution in [2.24, 2.45) is 16.7 Å². The first-order valence-electron chi connectivity index (χ1n) is 9.52. The summed E-state index contributed by atoms with van der Waals surface area (Å²) in [4.78, 5) is 14.9. The number of ketones is 1. The molecule has 2 saturated carbocycles. The first-order chi connectivity index (χ1) is 12.2. The van der Waals surface area contributed by atoms with Crippen LogP contribution in [-0.2, 0) is 11.3 Å². The highest BCUT2D eigenvalue weighted by Gasteiger charge is 2.63. The lowest BCUT2D eigenvalue weighted by molar-refractivity contribution is -0.125. The molecule has 0 heterocycles. The fourth-order valence-corrected chi connectivity index (χ4v) is 4.79. The highest BCUT2D eigenvalue weighted by Crippen LogP contribution is 2.65. The summed E-state index contributed by atoms with van der Waals surface area (Å²) in [7, 11) is 1.92. The Hall–Kier alpha value is -1.49. The molecule has 142 valence electrons. The molecular formula is C22H31NO3. The summed E-state index contributed by atoms with van der Waals surface area (Å²) in [6, 6.07) is 8.26. The van der Waals surface area contributed by atoms with Gasteiger partial charge in [-0.15, -0.1) is 0 Å². The molecule has 3 unspecified atom stereocenters. The van der Waals surface area contributed by atoms with Crippen molar-refractivity contribution in [3.8, 4) is 0 Å². The SMILES string of the molecule is CN(Cc1ccc(/C=C2\C(=O)C3(C)CCC2C3(C)C)cc1)CC(O)CO. The summed E-state index contributed by atoms with van der Waals surface area (Å²) < 4.78 is 0. The van der Waals surface area contributed by atoms with Gasteiger partial charge in [0.05, 0.1) is 12.7 Å². The van der Waals surface area contributed by atoms with Crippen molar-refractivity contribution in [3.63, 3.8) is 0 Å². The van der Waals surface area contributed by atoms with Gasteiger partial charge in [-0.25, -0.2) is 0 Å². The number of fused-ring (bicyclic) bond motifs is 2. The Morgan fingerprint density at radius 3 is 2.46 bits per heavy atom. The van der Waals surface area contributed by atoms with Gasteiger partial charge in [-0.05, 0) is 54.0 Å². The van der Waals surface area contributed by atoms with Crippen molar-refractivity contribution in [1.82, 2.24) is 4.90 Å². The predicted octanol–water partition coefficient (Wildman–Crippen LogP) is 2.88. The highest BCUT2D eigenvalue weighted by atomic mass is 16.3. The summed E-state index contributed by atoms with van der Waals surface area (Å²) >= 11 is 0. The number of carbonyl (C=O) groups excluding carboxylic acids is 1. The van der Waals surface area contributed by atoms with E-state index in [4.69, 9.17) is 5.11 Å². The number of hydrogen-bond donors (Lipinski definition) is 2. The number of rotatable bonds is 6. The van der Waals surface area contributed by atoms with E-state index < -0.39 is 6.10 Å². The van der Waals surface area contributed by atoms with Gasteiger partial charge in [-0.3, -0.25) is 9.69 Å². The molecule has 4 nitrogen and oxygen atoms in total. The van der Waals surface area contributed by atoms with Gasteiger partial charge in [0.25, 0.3) is 0 Å². The topological polar surface area (TPSA) is 60.8 Å². The van der Waals surface area contributed by atoms with Crippen LogP contribution in [0.2, 0.25) is 0 Å². The molecule has 1 aromatic carbocycles.